The summed E-state index contributed by atoms with van der Waals surface area (Å²) in [7, 11) is 1.88. The van der Waals surface area contributed by atoms with Gasteiger partial charge in [0.25, 0.3) is 0 Å². The van der Waals surface area contributed by atoms with E-state index < -0.39 is 11.7 Å². The summed E-state index contributed by atoms with van der Waals surface area (Å²) in [5.41, 5.74) is 0.470. The van der Waals surface area contributed by atoms with E-state index in [0.29, 0.717) is 13.0 Å². The number of aliphatic hydroxyl groups is 1. The van der Waals surface area contributed by atoms with E-state index >= 15 is 0 Å². The van der Waals surface area contributed by atoms with Crippen LogP contribution in [0.1, 0.15) is 39.3 Å². The Morgan fingerprint density at radius 3 is 2.47 bits per heavy atom. The first-order valence-corrected chi connectivity index (χ1v) is 6.38. The molecule has 4 heteroatoms. The lowest BCUT2D eigenvalue weighted by atomic mass is 9.87. The minimum Gasteiger partial charge on any atom is -0.390 e. The van der Waals surface area contributed by atoms with Crippen molar-refractivity contribution in [1.82, 2.24) is 9.78 Å². The van der Waals surface area contributed by atoms with Crippen molar-refractivity contribution in [3.63, 3.8) is 0 Å². The van der Waals surface area contributed by atoms with Crippen molar-refractivity contribution in [1.29, 1.82) is 0 Å². The molecule has 98 valence electrons. The number of aromatic nitrogens is 2. The highest BCUT2D eigenvalue weighted by molar-refractivity contribution is 5.03. The van der Waals surface area contributed by atoms with Crippen LogP contribution in [0.25, 0.3) is 0 Å². The molecule has 0 radical (unpaired) electrons. The molecule has 1 rings (SSSR count). The van der Waals surface area contributed by atoms with Gasteiger partial charge < -0.3 is 9.84 Å². The molecular weight excluding hydrogens is 216 g/mol. The quantitative estimate of drug-likeness (QED) is 0.792. The molecule has 1 heterocycles. The molecule has 1 unspecified atom stereocenters. The van der Waals surface area contributed by atoms with E-state index in [0.717, 1.165) is 18.5 Å². The molecule has 0 saturated carbocycles. The SMILES string of the molecule is CCOC(CC)(CC)C(O)Cc1ccn(C)n1. The first-order chi connectivity index (χ1) is 8.07. The second-order valence-electron chi connectivity index (χ2n) is 4.41. The third-order valence-electron chi connectivity index (χ3n) is 3.41. The van der Waals surface area contributed by atoms with Crippen molar-refractivity contribution in [2.75, 3.05) is 6.61 Å². The van der Waals surface area contributed by atoms with E-state index in [9.17, 15) is 5.11 Å². The van der Waals surface area contributed by atoms with E-state index in [1.165, 1.54) is 0 Å². The first kappa shape index (κ1) is 14.2. The van der Waals surface area contributed by atoms with E-state index in [1.807, 2.05) is 26.2 Å². The predicted octanol–water partition coefficient (Wildman–Crippen LogP) is 1.92. The fourth-order valence-corrected chi connectivity index (χ4v) is 2.27. The number of rotatable bonds is 7. The molecule has 4 nitrogen and oxygen atoms in total. The predicted molar refractivity (Wildman–Crippen MR) is 67.9 cm³/mol. The normalized spacial score (nSPS) is 13.9. The fourth-order valence-electron chi connectivity index (χ4n) is 2.27. The number of hydrogen-bond donors (Lipinski definition) is 1. The highest BCUT2D eigenvalue weighted by Gasteiger charge is 2.35. The smallest absolute Gasteiger partial charge is 0.0938 e. The van der Waals surface area contributed by atoms with Crippen molar-refractivity contribution in [3.05, 3.63) is 18.0 Å². The van der Waals surface area contributed by atoms with E-state index in [2.05, 4.69) is 18.9 Å². The Morgan fingerprint density at radius 2 is 2.06 bits per heavy atom. The molecule has 0 aliphatic heterocycles. The summed E-state index contributed by atoms with van der Waals surface area (Å²) < 4.78 is 7.54. The van der Waals surface area contributed by atoms with Gasteiger partial charge in [0.05, 0.1) is 17.4 Å². The van der Waals surface area contributed by atoms with Gasteiger partial charge in [-0.3, -0.25) is 4.68 Å². The molecule has 1 atom stereocenters. The lowest BCUT2D eigenvalue weighted by Gasteiger charge is -2.36. The van der Waals surface area contributed by atoms with E-state index in [-0.39, 0.29) is 0 Å². The van der Waals surface area contributed by atoms with Gasteiger partial charge in [0, 0.05) is 26.3 Å². The van der Waals surface area contributed by atoms with Crippen LogP contribution in [-0.2, 0) is 18.2 Å². The molecule has 1 aromatic rings. The Hall–Kier alpha value is -0.870. The Bertz CT molecular complexity index is 332. The Balaban J connectivity index is 2.74. The van der Waals surface area contributed by atoms with Gasteiger partial charge in [-0.15, -0.1) is 0 Å². The summed E-state index contributed by atoms with van der Waals surface area (Å²) in [5.74, 6) is 0. The second kappa shape index (κ2) is 6.17. The van der Waals surface area contributed by atoms with Gasteiger partial charge in [0.1, 0.15) is 0 Å². The van der Waals surface area contributed by atoms with Crippen LogP contribution in [0.15, 0.2) is 12.3 Å². The van der Waals surface area contributed by atoms with Gasteiger partial charge >= 0.3 is 0 Å². The standard InChI is InChI=1S/C13H24N2O2/c1-5-13(6-2,17-7-3)12(16)10-11-8-9-15(4)14-11/h8-9,12,16H,5-7,10H2,1-4H3. The summed E-state index contributed by atoms with van der Waals surface area (Å²) in [6.07, 6.45) is 3.55. The van der Waals surface area contributed by atoms with Crippen molar-refractivity contribution >= 4 is 0 Å². The number of aryl methyl sites for hydroxylation is 1. The maximum Gasteiger partial charge on any atom is 0.0938 e. The zero-order valence-electron chi connectivity index (χ0n) is 11.3. The molecule has 0 amide bonds. The molecule has 0 aliphatic rings. The summed E-state index contributed by atoms with van der Waals surface area (Å²) in [6.45, 7) is 6.70. The van der Waals surface area contributed by atoms with Crippen LogP contribution in [-0.4, -0.2) is 33.2 Å². The largest absolute Gasteiger partial charge is 0.390 e. The molecule has 1 aromatic heterocycles. The van der Waals surface area contributed by atoms with Crippen LogP contribution in [0.2, 0.25) is 0 Å². The molecule has 1 N–H and O–H groups in total. The van der Waals surface area contributed by atoms with Crippen LogP contribution >= 0.6 is 0 Å². The third kappa shape index (κ3) is 3.30. The van der Waals surface area contributed by atoms with Gasteiger partial charge in [0.15, 0.2) is 0 Å². The van der Waals surface area contributed by atoms with Crippen molar-refractivity contribution in [3.8, 4) is 0 Å². The zero-order valence-corrected chi connectivity index (χ0v) is 11.3. The molecule has 17 heavy (non-hydrogen) atoms. The highest BCUT2D eigenvalue weighted by Crippen LogP contribution is 2.27. The molecule has 0 spiro atoms. The van der Waals surface area contributed by atoms with Gasteiger partial charge in [-0.25, -0.2) is 0 Å². The maximum atomic E-state index is 10.4. The first-order valence-electron chi connectivity index (χ1n) is 6.38. The number of aliphatic hydroxyl groups excluding tert-OH is 1. The lowest BCUT2D eigenvalue weighted by Crippen LogP contribution is -2.45. The minimum atomic E-state index is -0.507. The Morgan fingerprint density at radius 1 is 1.41 bits per heavy atom. The van der Waals surface area contributed by atoms with Crippen LogP contribution in [0.4, 0.5) is 0 Å². The van der Waals surface area contributed by atoms with E-state index in [4.69, 9.17) is 4.74 Å². The van der Waals surface area contributed by atoms with Gasteiger partial charge in [-0.05, 0) is 25.8 Å². The van der Waals surface area contributed by atoms with Gasteiger partial charge in [-0.1, -0.05) is 13.8 Å². The van der Waals surface area contributed by atoms with Crippen LogP contribution in [0.3, 0.4) is 0 Å². The average molecular weight is 240 g/mol. The third-order valence-corrected chi connectivity index (χ3v) is 3.41. The maximum absolute atomic E-state index is 10.4. The summed E-state index contributed by atoms with van der Waals surface area (Å²) in [6, 6.07) is 1.94. The van der Waals surface area contributed by atoms with Gasteiger partial charge in [0.2, 0.25) is 0 Å². The van der Waals surface area contributed by atoms with E-state index in [1.54, 1.807) is 4.68 Å². The van der Waals surface area contributed by atoms with Crippen molar-refractivity contribution in [2.24, 2.45) is 7.05 Å². The Labute approximate surface area is 104 Å². The molecule has 0 aliphatic carbocycles. The summed E-state index contributed by atoms with van der Waals surface area (Å²) in [5, 5.41) is 14.7. The summed E-state index contributed by atoms with van der Waals surface area (Å²) >= 11 is 0. The summed E-state index contributed by atoms with van der Waals surface area (Å²) in [4.78, 5) is 0. The van der Waals surface area contributed by atoms with Crippen LogP contribution in [0, 0.1) is 0 Å². The Kier molecular flexibility index (Phi) is 5.15. The van der Waals surface area contributed by atoms with Crippen molar-refractivity contribution < 1.29 is 9.84 Å². The van der Waals surface area contributed by atoms with Crippen LogP contribution in [0.5, 0.6) is 0 Å². The fraction of sp³-hybridized carbons (Fsp3) is 0.769. The number of ether oxygens (including phenoxy) is 1. The lowest BCUT2D eigenvalue weighted by molar-refractivity contribution is -0.124. The van der Waals surface area contributed by atoms with Crippen LogP contribution < -0.4 is 0 Å². The number of hydrogen-bond acceptors (Lipinski definition) is 3. The molecule has 0 saturated heterocycles. The average Bonchev–Trinajstić information content (AvgIpc) is 2.71. The number of nitrogens with zero attached hydrogens (tertiary/aromatic N) is 2. The molecule has 0 fully saturated rings. The monoisotopic (exact) mass is 240 g/mol. The zero-order chi connectivity index (χ0) is 12.9. The topological polar surface area (TPSA) is 47.3 Å². The second-order valence-corrected chi connectivity index (χ2v) is 4.41. The molecular formula is C13H24N2O2. The molecule has 0 bridgehead atoms. The minimum absolute atomic E-state index is 0.438. The highest BCUT2D eigenvalue weighted by atomic mass is 16.5. The molecule has 0 aromatic carbocycles. The van der Waals surface area contributed by atoms with Gasteiger partial charge in [-0.2, -0.15) is 5.10 Å². The van der Waals surface area contributed by atoms with Crippen molar-refractivity contribution in [2.45, 2.75) is 51.7 Å².